The average molecular weight is 351 g/mol. The van der Waals surface area contributed by atoms with E-state index in [2.05, 4.69) is 6.07 Å². The van der Waals surface area contributed by atoms with Crippen LogP contribution in [0.3, 0.4) is 0 Å². The molecule has 0 bridgehead atoms. The van der Waals surface area contributed by atoms with Crippen molar-refractivity contribution in [2.24, 2.45) is 7.05 Å². The molecule has 3 rings (SSSR count). The Labute approximate surface area is 152 Å². The Hall–Kier alpha value is -3.07. The molecule has 6 heteroatoms. The third-order valence-corrected chi connectivity index (χ3v) is 4.69. The van der Waals surface area contributed by atoms with Crippen LogP contribution in [0.1, 0.15) is 23.2 Å². The highest BCUT2D eigenvalue weighted by Gasteiger charge is 2.32. The van der Waals surface area contributed by atoms with Gasteiger partial charge in [-0.2, -0.15) is 5.26 Å². The number of aromatic nitrogens is 1. The molecule has 0 saturated carbocycles. The highest BCUT2D eigenvalue weighted by molar-refractivity contribution is 5.77. The van der Waals surface area contributed by atoms with Gasteiger partial charge in [-0.3, -0.25) is 9.59 Å². The lowest BCUT2D eigenvalue weighted by Crippen LogP contribution is -2.56. The number of likely N-dealkylation sites (tertiary alicyclic amines) is 1. The fourth-order valence-electron chi connectivity index (χ4n) is 2.87. The predicted molar refractivity (Wildman–Crippen MR) is 96.9 cm³/mol. The molecule has 1 amide bonds. The Bertz CT molecular complexity index is 903. The average Bonchev–Trinajstić information content (AvgIpc) is 2.60. The summed E-state index contributed by atoms with van der Waals surface area (Å²) in [6.07, 6.45) is 1.02. The maximum atomic E-state index is 12.2. The summed E-state index contributed by atoms with van der Waals surface area (Å²) in [5, 5.41) is 8.79. The Balaban J connectivity index is 1.46. The molecule has 1 aliphatic heterocycles. The summed E-state index contributed by atoms with van der Waals surface area (Å²) in [6.45, 7) is 2.94. The first kappa shape index (κ1) is 17.7. The van der Waals surface area contributed by atoms with Crippen molar-refractivity contribution in [2.75, 3.05) is 13.1 Å². The van der Waals surface area contributed by atoms with E-state index in [9.17, 15) is 9.59 Å². The molecule has 26 heavy (non-hydrogen) atoms. The third-order valence-electron chi connectivity index (χ3n) is 4.69. The Morgan fingerprint density at radius 2 is 1.96 bits per heavy atom. The number of ether oxygens (including phenoxy) is 1. The molecule has 0 spiro atoms. The number of benzene rings is 1. The Morgan fingerprint density at radius 3 is 2.58 bits per heavy atom. The zero-order valence-electron chi connectivity index (χ0n) is 14.9. The second-order valence-electron chi connectivity index (χ2n) is 6.58. The summed E-state index contributed by atoms with van der Waals surface area (Å²) in [7, 11) is 1.72. The predicted octanol–water partition coefficient (Wildman–Crippen LogP) is 1.79. The van der Waals surface area contributed by atoms with Gasteiger partial charge in [0.15, 0.2) is 0 Å². The van der Waals surface area contributed by atoms with Crippen molar-refractivity contribution in [3.63, 3.8) is 0 Å². The van der Waals surface area contributed by atoms with Gasteiger partial charge in [0.25, 0.3) is 5.56 Å². The molecule has 0 radical (unpaired) electrons. The minimum Gasteiger partial charge on any atom is -0.486 e. The first-order valence-corrected chi connectivity index (χ1v) is 8.57. The van der Waals surface area contributed by atoms with E-state index in [0.717, 1.165) is 11.3 Å². The molecule has 1 aromatic carbocycles. The maximum Gasteiger partial charge on any atom is 0.254 e. The molecule has 0 atom stereocenters. The topological polar surface area (TPSA) is 75.3 Å². The van der Waals surface area contributed by atoms with Crippen molar-refractivity contribution in [1.82, 2.24) is 9.47 Å². The molecule has 0 aliphatic carbocycles. The van der Waals surface area contributed by atoms with Gasteiger partial charge in [-0.1, -0.05) is 12.1 Å². The lowest BCUT2D eigenvalue weighted by atomic mass is 10.1. The monoisotopic (exact) mass is 351 g/mol. The molecule has 1 fully saturated rings. The lowest BCUT2D eigenvalue weighted by molar-refractivity contribution is -0.139. The zero-order chi connectivity index (χ0) is 18.7. The molecule has 1 saturated heterocycles. The van der Waals surface area contributed by atoms with Gasteiger partial charge in [0.1, 0.15) is 11.9 Å². The van der Waals surface area contributed by atoms with Gasteiger partial charge in [0, 0.05) is 25.2 Å². The molecule has 2 aromatic rings. The van der Waals surface area contributed by atoms with Crippen LogP contribution in [-0.2, 0) is 18.3 Å². The second-order valence-corrected chi connectivity index (χ2v) is 6.58. The van der Waals surface area contributed by atoms with Crippen LogP contribution < -0.4 is 10.3 Å². The van der Waals surface area contributed by atoms with E-state index in [1.54, 1.807) is 28.6 Å². The van der Waals surface area contributed by atoms with Crippen LogP contribution in [0.4, 0.5) is 0 Å². The maximum absolute atomic E-state index is 12.2. The number of amides is 1. The van der Waals surface area contributed by atoms with Crippen LogP contribution in [0, 0.1) is 18.3 Å². The summed E-state index contributed by atoms with van der Waals surface area (Å²) in [4.78, 5) is 25.8. The number of hydrogen-bond donors (Lipinski definition) is 0. The fourth-order valence-corrected chi connectivity index (χ4v) is 2.87. The molecular weight excluding hydrogens is 330 g/mol. The highest BCUT2D eigenvalue weighted by atomic mass is 16.5. The van der Waals surface area contributed by atoms with Crippen LogP contribution in [0.15, 0.2) is 41.2 Å². The van der Waals surface area contributed by atoms with Crippen LogP contribution in [0.25, 0.3) is 0 Å². The number of hydrogen-bond acceptors (Lipinski definition) is 4. The van der Waals surface area contributed by atoms with Crippen molar-refractivity contribution in [2.45, 2.75) is 25.9 Å². The molecule has 0 unspecified atom stereocenters. The SMILES string of the molecule is Cc1cc(OC2CN(C(=O)CCc3ccc(C#N)cc3)C2)cc(=O)n1C. The van der Waals surface area contributed by atoms with E-state index < -0.39 is 0 Å². The fraction of sp³-hybridized carbons (Fsp3) is 0.350. The minimum atomic E-state index is -0.102. The second kappa shape index (κ2) is 7.44. The van der Waals surface area contributed by atoms with Crippen LogP contribution in [-0.4, -0.2) is 34.6 Å². The summed E-state index contributed by atoms with van der Waals surface area (Å²) in [5.41, 5.74) is 2.40. The largest absolute Gasteiger partial charge is 0.486 e. The lowest BCUT2D eigenvalue weighted by Gasteiger charge is -2.39. The van der Waals surface area contributed by atoms with Gasteiger partial charge in [0.05, 0.1) is 24.7 Å². The van der Waals surface area contributed by atoms with Crippen LogP contribution >= 0.6 is 0 Å². The van der Waals surface area contributed by atoms with Gasteiger partial charge in [-0.25, -0.2) is 0 Å². The van der Waals surface area contributed by atoms with E-state index in [0.29, 0.717) is 37.2 Å². The number of pyridine rings is 1. The van der Waals surface area contributed by atoms with Gasteiger partial charge < -0.3 is 14.2 Å². The third kappa shape index (κ3) is 3.94. The number of nitrogens with zero attached hydrogens (tertiary/aromatic N) is 3. The summed E-state index contributed by atoms with van der Waals surface area (Å²) >= 11 is 0. The zero-order valence-corrected chi connectivity index (χ0v) is 14.9. The summed E-state index contributed by atoms with van der Waals surface area (Å²) < 4.78 is 7.36. The first-order valence-electron chi connectivity index (χ1n) is 8.57. The van der Waals surface area contributed by atoms with Crippen molar-refractivity contribution < 1.29 is 9.53 Å². The van der Waals surface area contributed by atoms with E-state index in [1.165, 1.54) is 6.07 Å². The molecule has 6 nitrogen and oxygen atoms in total. The molecule has 134 valence electrons. The van der Waals surface area contributed by atoms with Crippen LogP contribution in [0.2, 0.25) is 0 Å². The quantitative estimate of drug-likeness (QED) is 0.823. The van der Waals surface area contributed by atoms with E-state index >= 15 is 0 Å². The summed E-state index contributed by atoms with van der Waals surface area (Å²) in [5.74, 6) is 0.648. The Morgan fingerprint density at radius 1 is 1.27 bits per heavy atom. The standard InChI is InChI=1S/C20H21N3O3/c1-14-9-17(10-20(25)22(14)2)26-18-12-23(13-18)19(24)8-7-15-3-5-16(11-21)6-4-15/h3-6,9-10,18H,7-8,12-13H2,1-2H3. The molecular formula is C20H21N3O3. The van der Waals surface area contributed by atoms with Crippen molar-refractivity contribution in [3.05, 3.63) is 63.6 Å². The smallest absolute Gasteiger partial charge is 0.254 e. The van der Waals surface area contributed by atoms with Crippen molar-refractivity contribution >= 4 is 5.91 Å². The van der Waals surface area contributed by atoms with Gasteiger partial charge in [0.2, 0.25) is 5.91 Å². The first-order chi connectivity index (χ1) is 12.5. The van der Waals surface area contributed by atoms with Crippen LogP contribution in [0.5, 0.6) is 5.75 Å². The molecule has 2 heterocycles. The van der Waals surface area contributed by atoms with Gasteiger partial charge in [-0.05, 0) is 37.1 Å². The highest BCUT2D eigenvalue weighted by Crippen LogP contribution is 2.19. The van der Waals surface area contributed by atoms with E-state index in [4.69, 9.17) is 10.00 Å². The number of carbonyl (C=O) groups is 1. The number of nitriles is 1. The normalized spacial score (nSPS) is 13.8. The van der Waals surface area contributed by atoms with Crippen molar-refractivity contribution in [1.29, 1.82) is 5.26 Å². The van der Waals surface area contributed by atoms with Gasteiger partial charge in [-0.15, -0.1) is 0 Å². The minimum absolute atomic E-state index is 0.0691. The number of carbonyl (C=O) groups excluding carboxylic acids is 1. The number of aryl methyl sites for hydroxylation is 2. The summed E-state index contributed by atoms with van der Waals surface area (Å²) in [6, 6.07) is 12.7. The number of rotatable bonds is 5. The molecule has 1 aromatic heterocycles. The van der Waals surface area contributed by atoms with Gasteiger partial charge >= 0.3 is 0 Å². The van der Waals surface area contributed by atoms with E-state index in [-0.39, 0.29) is 17.6 Å². The molecule has 0 N–H and O–H groups in total. The van der Waals surface area contributed by atoms with E-state index in [1.807, 2.05) is 25.1 Å². The Kier molecular flexibility index (Phi) is 5.08. The molecule has 1 aliphatic rings. The van der Waals surface area contributed by atoms with Crippen molar-refractivity contribution in [3.8, 4) is 11.8 Å².